The molecule has 1 aromatic heterocycles. The summed E-state index contributed by atoms with van der Waals surface area (Å²) in [5.74, 6) is 4.67. The Hall–Kier alpha value is -1.36. The van der Waals surface area contributed by atoms with Crippen LogP contribution in [0.25, 0.3) is 0 Å². The lowest BCUT2D eigenvalue weighted by molar-refractivity contribution is -0.125. The van der Waals surface area contributed by atoms with Crippen LogP contribution in [0.5, 0.6) is 0 Å². The van der Waals surface area contributed by atoms with Crippen molar-refractivity contribution in [3.05, 3.63) is 18.0 Å². The van der Waals surface area contributed by atoms with Crippen molar-refractivity contribution in [1.29, 1.82) is 0 Å². The van der Waals surface area contributed by atoms with Gasteiger partial charge in [-0.25, -0.2) is 5.84 Å². The van der Waals surface area contributed by atoms with Gasteiger partial charge < -0.3 is 0 Å². The molecule has 0 fully saturated rings. The predicted molar refractivity (Wildman–Crippen MR) is 48.5 cm³/mol. The van der Waals surface area contributed by atoms with Crippen molar-refractivity contribution < 1.29 is 4.79 Å². The average Bonchev–Trinajstić information content (AvgIpc) is 2.49. The van der Waals surface area contributed by atoms with Crippen LogP contribution in [0, 0.1) is 12.8 Å². The normalized spacial score (nSPS) is 12.5. The van der Waals surface area contributed by atoms with Gasteiger partial charge in [0.05, 0.1) is 18.7 Å². The highest BCUT2D eigenvalue weighted by Crippen LogP contribution is 2.01. The number of aromatic nitrogens is 2. The number of nitrogens with one attached hydrogen (secondary N) is 1. The largest absolute Gasteiger partial charge is 0.294 e. The van der Waals surface area contributed by atoms with Crippen molar-refractivity contribution in [3.8, 4) is 0 Å². The first-order valence-corrected chi connectivity index (χ1v) is 4.13. The second kappa shape index (κ2) is 4.04. The summed E-state index contributed by atoms with van der Waals surface area (Å²) in [6, 6.07) is 0. The summed E-state index contributed by atoms with van der Waals surface area (Å²) in [6.45, 7) is 4.31. The summed E-state index contributed by atoms with van der Waals surface area (Å²) >= 11 is 0. The van der Waals surface area contributed by atoms with E-state index in [1.807, 2.05) is 13.1 Å². The maximum atomic E-state index is 11.0. The van der Waals surface area contributed by atoms with Crippen molar-refractivity contribution in [2.75, 3.05) is 0 Å². The highest BCUT2D eigenvalue weighted by molar-refractivity contribution is 5.77. The zero-order valence-corrected chi connectivity index (χ0v) is 7.82. The van der Waals surface area contributed by atoms with Gasteiger partial charge in [0.1, 0.15) is 0 Å². The van der Waals surface area contributed by atoms with E-state index in [-0.39, 0.29) is 11.8 Å². The van der Waals surface area contributed by atoms with Crippen molar-refractivity contribution in [2.45, 2.75) is 20.4 Å². The fraction of sp³-hybridized carbons (Fsp3) is 0.500. The second-order valence-corrected chi connectivity index (χ2v) is 3.15. The lowest BCUT2D eigenvalue weighted by Crippen LogP contribution is -2.36. The number of hydrazine groups is 1. The maximum Gasteiger partial charge on any atom is 0.238 e. The molecule has 0 radical (unpaired) electrons. The third kappa shape index (κ3) is 2.55. The van der Waals surface area contributed by atoms with Crippen molar-refractivity contribution in [1.82, 2.24) is 15.2 Å². The van der Waals surface area contributed by atoms with E-state index in [2.05, 4.69) is 10.5 Å². The van der Waals surface area contributed by atoms with Gasteiger partial charge in [-0.1, -0.05) is 6.92 Å². The van der Waals surface area contributed by atoms with E-state index in [4.69, 9.17) is 5.84 Å². The molecule has 0 aliphatic heterocycles. The first-order chi connectivity index (χ1) is 6.13. The van der Waals surface area contributed by atoms with Crippen LogP contribution in [0.2, 0.25) is 0 Å². The van der Waals surface area contributed by atoms with Crippen LogP contribution >= 0.6 is 0 Å². The number of carbonyl (C=O) groups is 1. The minimum atomic E-state index is -0.173. The molecule has 1 heterocycles. The summed E-state index contributed by atoms with van der Waals surface area (Å²) in [5, 5.41) is 4.07. The molecule has 0 aliphatic carbocycles. The zero-order valence-electron chi connectivity index (χ0n) is 7.82. The maximum absolute atomic E-state index is 11.0. The topological polar surface area (TPSA) is 72.9 Å². The molecule has 0 saturated carbocycles. The number of carbonyl (C=O) groups excluding carboxylic acids is 1. The number of nitrogens with two attached hydrogens (primary N) is 1. The second-order valence-electron chi connectivity index (χ2n) is 3.15. The monoisotopic (exact) mass is 182 g/mol. The van der Waals surface area contributed by atoms with Gasteiger partial charge in [0.2, 0.25) is 5.91 Å². The SMILES string of the molecule is Cc1cnn(CC(C)C(=O)NN)c1. The molecule has 13 heavy (non-hydrogen) atoms. The summed E-state index contributed by atoms with van der Waals surface area (Å²) in [4.78, 5) is 11.0. The standard InChI is InChI=1S/C8H14N4O/c1-6-3-10-12(4-6)5-7(2)8(13)11-9/h3-4,7H,5,9H2,1-2H3,(H,11,13). The molecule has 0 aliphatic rings. The minimum absolute atomic E-state index is 0.163. The van der Waals surface area contributed by atoms with Gasteiger partial charge in [0.25, 0.3) is 0 Å². The summed E-state index contributed by atoms with van der Waals surface area (Å²) in [5.41, 5.74) is 3.20. The van der Waals surface area contributed by atoms with E-state index >= 15 is 0 Å². The molecule has 5 nitrogen and oxygen atoms in total. The van der Waals surface area contributed by atoms with Crippen LogP contribution in [0.15, 0.2) is 12.4 Å². The first-order valence-electron chi connectivity index (χ1n) is 4.13. The van der Waals surface area contributed by atoms with Gasteiger partial charge >= 0.3 is 0 Å². The third-order valence-electron chi connectivity index (χ3n) is 1.81. The van der Waals surface area contributed by atoms with Crippen LogP contribution in [0.4, 0.5) is 0 Å². The Morgan fingerprint density at radius 3 is 3.00 bits per heavy atom. The summed E-state index contributed by atoms with van der Waals surface area (Å²) in [7, 11) is 0. The zero-order chi connectivity index (χ0) is 9.84. The Kier molecular flexibility index (Phi) is 3.02. The smallest absolute Gasteiger partial charge is 0.238 e. The van der Waals surface area contributed by atoms with E-state index in [9.17, 15) is 4.79 Å². The first kappa shape index (κ1) is 9.73. The molecule has 3 N–H and O–H groups in total. The van der Waals surface area contributed by atoms with E-state index in [0.29, 0.717) is 6.54 Å². The van der Waals surface area contributed by atoms with Gasteiger partial charge in [0.15, 0.2) is 0 Å². The molecule has 1 rings (SSSR count). The quantitative estimate of drug-likeness (QED) is 0.387. The molecular weight excluding hydrogens is 168 g/mol. The van der Waals surface area contributed by atoms with Gasteiger partial charge in [-0.2, -0.15) is 5.10 Å². The molecule has 1 atom stereocenters. The molecule has 0 bridgehead atoms. The molecular formula is C8H14N4O. The lowest BCUT2D eigenvalue weighted by Gasteiger charge is -2.08. The average molecular weight is 182 g/mol. The molecule has 0 saturated heterocycles. The number of hydrogen-bond donors (Lipinski definition) is 2. The molecule has 1 unspecified atom stereocenters. The van der Waals surface area contributed by atoms with Crippen molar-refractivity contribution in [2.24, 2.45) is 11.8 Å². The number of rotatable bonds is 3. The Morgan fingerprint density at radius 2 is 2.54 bits per heavy atom. The predicted octanol–water partition coefficient (Wildman–Crippen LogP) is -0.182. The molecule has 5 heteroatoms. The summed E-state index contributed by atoms with van der Waals surface area (Å²) in [6.07, 6.45) is 3.65. The Labute approximate surface area is 76.9 Å². The molecule has 1 amide bonds. The lowest BCUT2D eigenvalue weighted by atomic mass is 10.2. The van der Waals surface area contributed by atoms with Gasteiger partial charge in [-0.15, -0.1) is 0 Å². The molecule has 72 valence electrons. The van der Waals surface area contributed by atoms with Crippen molar-refractivity contribution in [3.63, 3.8) is 0 Å². The number of hydrogen-bond acceptors (Lipinski definition) is 3. The van der Waals surface area contributed by atoms with Gasteiger partial charge in [-0.05, 0) is 12.5 Å². The fourth-order valence-electron chi connectivity index (χ4n) is 1.07. The molecule has 1 aromatic rings. The van der Waals surface area contributed by atoms with Crippen LogP contribution in [-0.2, 0) is 11.3 Å². The Morgan fingerprint density at radius 1 is 1.85 bits per heavy atom. The van der Waals surface area contributed by atoms with Crippen LogP contribution in [-0.4, -0.2) is 15.7 Å². The molecule has 0 spiro atoms. The van der Waals surface area contributed by atoms with E-state index in [1.54, 1.807) is 17.8 Å². The van der Waals surface area contributed by atoms with Crippen LogP contribution in [0.1, 0.15) is 12.5 Å². The Balaban J connectivity index is 2.54. The number of amides is 1. The summed E-state index contributed by atoms with van der Waals surface area (Å²) < 4.78 is 1.73. The van der Waals surface area contributed by atoms with Crippen LogP contribution < -0.4 is 11.3 Å². The van der Waals surface area contributed by atoms with Crippen molar-refractivity contribution >= 4 is 5.91 Å². The number of aryl methyl sites for hydroxylation is 1. The van der Waals surface area contributed by atoms with Gasteiger partial charge in [0, 0.05) is 6.20 Å². The van der Waals surface area contributed by atoms with E-state index in [1.165, 1.54) is 0 Å². The van der Waals surface area contributed by atoms with Crippen LogP contribution in [0.3, 0.4) is 0 Å². The van der Waals surface area contributed by atoms with E-state index < -0.39 is 0 Å². The highest BCUT2D eigenvalue weighted by atomic mass is 16.2. The minimum Gasteiger partial charge on any atom is -0.294 e. The molecule has 0 aromatic carbocycles. The Bertz CT molecular complexity index is 294. The number of nitrogens with zero attached hydrogens (tertiary/aromatic N) is 2. The van der Waals surface area contributed by atoms with E-state index in [0.717, 1.165) is 5.56 Å². The third-order valence-corrected chi connectivity index (χ3v) is 1.81. The highest BCUT2D eigenvalue weighted by Gasteiger charge is 2.11. The van der Waals surface area contributed by atoms with Gasteiger partial charge in [-0.3, -0.25) is 14.9 Å². The fourth-order valence-corrected chi connectivity index (χ4v) is 1.07.